The molecule has 0 aromatic rings. The topological polar surface area (TPSA) is 37.3 Å². The monoisotopic (exact) mass is 302 g/mol. The Balaban J connectivity index is 2.04. The molecule has 1 N–H and O–H groups in total. The van der Waals surface area contributed by atoms with Gasteiger partial charge in [-0.05, 0) is 68.1 Å². The van der Waals surface area contributed by atoms with Crippen molar-refractivity contribution in [2.75, 3.05) is 0 Å². The summed E-state index contributed by atoms with van der Waals surface area (Å²) < 4.78 is 0. The predicted octanol–water partition coefficient (Wildman–Crippen LogP) is 5.21. The Bertz CT molecular complexity index is 534. The standard InChI is InChI=1S/C20H30O2/c1-5-18(2)11-6-8-15-14(18)9-10-16-19(15,3)12-7-13-20(16,4)17(21)22/h5,8,14,16H,1,6-7,9-13H2,2-4H3,(H,21,22)/t14?,16?,18-,19?,20?/m1/s1. The highest BCUT2D eigenvalue weighted by molar-refractivity contribution is 5.75. The number of fused-ring (bicyclic) bond motifs is 3. The number of carboxylic acids is 1. The van der Waals surface area contributed by atoms with Crippen LogP contribution >= 0.6 is 0 Å². The predicted molar refractivity (Wildman–Crippen MR) is 89.5 cm³/mol. The molecule has 0 bridgehead atoms. The van der Waals surface area contributed by atoms with Gasteiger partial charge in [-0.15, -0.1) is 6.58 Å². The van der Waals surface area contributed by atoms with Crippen molar-refractivity contribution in [3.63, 3.8) is 0 Å². The van der Waals surface area contributed by atoms with Gasteiger partial charge in [0.25, 0.3) is 0 Å². The Morgan fingerprint density at radius 2 is 2.00 bits per heavy atom. The third kappa shape index (κ3) is 1.95. The number of hydrogen-bond acceptors (Lipinski definition) is 1. The second-order valence-electron chi connectivity index (χ2n) is 8.58. The molecule has 0 aromatic carbocycles. The molecular weight excluding hydrogens is 272 g/mol. The third-order valence-corrected chi connectivity index (χ3v) is 7.51. The molecule has 2 heteroatoms. The summed E-state index contributed by atoms with van der Waals surface area (Å²) in [5.41, 5.74) is 1.26. The molecule has 3 aliphatic rings. The first-order chi connectivity index (χ1) is 10.3. The maximum absolute atomic E-state index is 12.0. The summed E-state index contributed by atoms with van der Waals surface area (Å²) in [5.74, 6) is 0.252. The molecule has 2 saturated carbocycles. The van der Waals surface area contributed by atoms with Gasteiger partial charge < -0.3 is 5.11 Å². The molecule has 0 aliphatic heterocycles. The summed E-state index contributed by atoms with van der Waals surface area (Å²) in [7, 11) is 0. The number of allylic oxidation sites excluding steroid dienone is 3. The SMILES string of the molecule is C=C[C@]1(C)CCC=C2C1CCC1C(C)(C(=O)O)CCCC21C. The molecule has 0 spiro atoms. The molecule has 0 heterocycles. The van der Waals surface area contributed by atoms with E-state index in [0.717, 1.165) is 38.5 Å². The summed E-state index contributed by atoms with van der Waals surface area (Å²) in [4.78, 5) is 12.0. The lowest BCUT2D eigenvalue weighted by Crippen LogP contribution is -2.54. The number of carbonyl (C=O) groups is 1. The van der Waals surface area contributed by atoms with Gasteiger partial charge >= 0.3 is 5.97 Å². The fourth-order valence-electron chi connectivity index (χ4n) is 6.02. The second kappa shape index (κ2) is 4.97. The lowest BCUT2D eigenvalue weighted by atomic mass is 9.44. The van der Waals surface area contributed by atoms with Crippen molar-refractivity contribution in [2.45, 2.75) is 65.7 Å². The van der Waals surface area contributed by atoms with Gasteiger partial charge in [-0.2, -0.15) is 0 Å². The lowest BCUT2D eigenvalue weighted by molar-refractivity contribution is -0.160. The summed E-state index contributed by atoms with van der Waals surface area (Å²) in [5, 5.41) is 9.86. The van der Waals surface area contributed by atoms with Crippen LogP contribution in [0.1, 0.15) is 65.7 Å². The van der Waals surface area contributed by atoms with E-state index in [2.05, 4.69) is 32.6 Å². The maximum Gasteiger partial charge on any atom is 0.309 e. The molecule has 0 aromatic heterocycles. The summed E-state index contributed by atoms with van der Waals surface area (Å²) >= 11 is 0. The molecule has 3 aliphatic carbocycles. The fraction of sp³-hybridized carbons (Fsp3) is 0.750. The maximum atomic E-state index is 12.0. The summed E-state index contributed by atoms with van der Waals surface area (Å²) in [6, 6.07) is 0. The summed E-state index contributed by atoms with van der Waals surface area (Å²) in [6.45, 7) is 10.8. The van der Waals surface area contributed by atoms with Crippen LogP contribution in [0, 0.1) is 28.1 Å². The second-order valence-corrected chi connectivity index (χ2v) is 8.58. The fourth-order valence-corrected chi connectivity index (χ4v) is 6.02. The van der Waals surface area contributed by atoms with Crippen molar-refractivity contribution in [2.24, 2.45) is 28.1 Å². The van der Waals surface area contributed by atoms with Crippen LogP contribution in [0.2, 0.25) is 0 Å². The van der Waals surface area contributed by atoms with Gasteiger partial charge in [0.1, 0.15) is 0 Å². The van der Waals surface area contributed by atoms with Crippen LogP contribution in [0.3, 0.4) is 0 Å². The van der Waals surface area contributed by atoms with Gasteiger partial charge in [0.05, 0.1) is 5.41 Å². The molecule has 3 rings (SSSR count). The Hall–Kier alpha value is -1.05. The highest BCUT2D eigenvalue weighted by Crippen LogP contribution is 2.65. The normalized spacial score (nSPS) is 47.9. The van der Waals surface area contributed by atoms with E-state index in [1.54, 1.807) is 5.57 Å². The molecule has 0 saturated heterocycles. The molecule has 0 radical (unpaired) electrons. The minimum absolute atomic E-state index is 0.0684. The van der Waals surface area contributed by atoms with Gasteiger partial charge in [-0.25, -0.2) is 0 Å². The molecule has 2 nitrogen and oxygen atoms in total. The van der Waals surface area contributed by atoms with Crippen molar-refractivity contribution >= 4 is 5.97 Å². The third-order valence-electron chi connectivity index (χ3n) is 7.51. The van der Waals surface area contributed by atoms with Crippen molar-refractivity contribution in [3.8, 4) is 0 Å². The van der Waals surface area contributed by atoms with E-state index >= 15 is 0 Å². The molecular formula is C20H30O2. The van der Waals surface area contributed by atoms with Crippen molar-refractivity contribution in [1.29, 1.82) is 0 Å². The van der Waals surface area contributed by atoms with Gasteiger partial charge in [-0.1, -0.05) is 38.0 Å². The smallest absolute Gasteiger partial charge is 0.309 e. The van der Waals surface area contributed by atoms with Crippen LogP contribution in [0.4, 0.5) is 0 Å². The van der Waals surface area contributed by atoms with E-state index in [1.807, 2.05) is 6.92 Å². The molecule has 2 fully saturated rings. The molecule has 122 valence electrons. The van der Waals surface area contributed by atoms with Gasteiger partial charge in [0, 0.05) is 0 Å². The van der Waals surface area contributed by atoms with Crippen molar-refractivity contribution in [1.82, 2.24) is 0 Å². The average Bonchev–Trinajstić information content (AvgIpc) is 2.47. The largest absolute Gasteiger partial charge is 0.481 e. The van der Waals surface area contributed by atoms with Crippen LogP contribution in [-0.4, -0.2) is 11.1 Å². The number of aliphatic carboxylic acids is 1. The molecule has 22 heavy (non-hydrogen) atoms. The van der Waals surface area contributed by atoms with Gasteiger partial charge in [0.2, 0.25) is 0 Å². The van der Waals surface area contributed by atoms with E-state index in [1.165, 1.54) is 6.42 Å². The quantitative estimate of drug-likeness (QED) is 0.711. The van der Waals surface area contributed by atoms with Crippen LogP contribution in [0.25, 0.3) is 0 Å². The molecule has 4 unspecified atom stereocenters. The van der Waals surface area contributed by atoms with Crippen molar-refractivity contribution in [3.05, 3.63) is 24.3 Å². The first-order valence-corrected chi connectivity index (χ1v) is 8.85. The lowest BCUT2D eigenvalue weighted by Gasteiger charge is -2.59. The average molecular weight is 302 g/mol. The molecule has 0 amide bonds. The number of hydrogen-bond donors (Lipinski definition) is 1. The van der Waals surface area contributed by atoms with Crippen LogP contribution < -0.4 is 0 Å². The van der Waals surface area contributed by atoms with E-state index in [0.29, 0.717) is 5.92 Å². The molecule has 5 atom stereocenters. The number of rotatable bonds is 2. The Morgan fingerprint density at radius 1 is 1.27 bits per heavy atom. The highest BCUT2D eigenvalue weighted by Gasteiger charge is 2.58. The Kier molecular flexibility index (Phi) is 3.58. The summed E-state index contributed by atoms with van der Waals surface area (Å²) in [6.07, 6.45) is 12.1. The zero-order valence-electron chi connectivity index (χ0n) is 14.3. The minimum Gasteiger partial charge on any atom is -0.481 e. The highest BCUT2D eigenvalue weighted by atomic mass is 16.4. The van der Waals surface area contributed by atoms with E-state index in [9.17, 15) is 9.90 Å². The number of carboxylic acid groups (broad SMARTS) is 1. The van der Waals surface area contributed by atoms with E-state index in [4.69, 9.17) is 0 Å². The van der Waals surface area contributed by atoms with Crippen LogP contribution in [0.15, 0.2) is 24.3 Å². The van der Waals surface area contributed by atoms with E-state index < -0.39 is 11.4 Å². The van der Waals surface area contributed by atoms with Gasteiger partial charge in [-0.3, -0.25) is 4.79 Å². The van der Waals surface area contributed by atoms with Gasteiger partial charge in [0.15, 0.2) is 0 Å². The van der Waals surface area contributed by atoms with E-state index in [-0.39, 0.29) is 16.7 Å². The van der Waals surface area contributed by atoms with Crippen LogP contribution in [-0.2, 0) is 4.79 Å². The zero-order chi connectivity index (χ0) is 16.2. The minimum atomic E-state index is -0.593. The first-order valence-electron chi connectivity index (χ1n) is 8.85. The van der Waals surface area contributed by atoms with Crippen molar-refractivity contribution < 1.29 is 9.90 Å². The Labute approximate surface area is 134 Å². The Morgan fingerprint density at radius 3 is 2.64 bits per heavy atom. The first kappa shape index (κ1) is 15.8. The van der Waals surface area contributed by atoms with Crippen LogP contribution in [0.5, 0.6) is 0 Å². The zero-order valence-corrected chi connectivity index (χ0v) is 14.3.